The number of allylic oxidation sites excluding steroid dienone is 1. The van der Waals surface area contributed by atoms with Crippen molar-refractivity contribution in [3.8, 4) is 5.75 Å². The van der Waals surface area contributed by atoms with E-state index >= 15 is 0 Å². The van der Waals surface area contributed by atoms with Crippen molar-refractivity contribution in [2.75, 3.05) is 26.8 Å². The molecular formula is C22H34IN3O2. The van der Waals surface area contributed by atoms with Crippen LogP contribution >= 0.6 is 24.0 Å². The second-order valence-electron chi connectivity index (χ2n) is 7.41. The van der Waals surface area contributed by atoms with Crippen LogP contribution in [0.5, 0.6) is 5.75 Å². The SMILES string of the molecule is CN=C(NCCC1=CCCC1)NCc1ccc(C)cc1OCC1CCCO1.I. The second-order valence-corrected chi connectivity index (χ2v) is 7.41. The van der Waals surface area contributed by atoms with E-state index in [0.717, 1.165) is 49.7 Å². The topological polar surface area (TPSA) is 54.9 Å². The fraction of sp³-hybridized carbons (Fsp3) is 0.591. The molecule has 6 heteroatoms. The summed E-state index contributed by atoms with van der Waals surface area (Å²) >= 11 is 0. The molecule has 1 aliphatic heterocycles. The summed E-state index contributed by atoms with van der Waals surface area (Å²) in [5, 5.41) is 6.82. The van der Waals surface area contributed by atoms with Gasteiger partial charge in [0.2, 0.25) is 0 Å². The van der Waals surface area contributed by atoms with E-state index in [1.807, 2.05) is 7.05 Å². The van der Waals surface area contributed by atoms with Crippen molar-refractivity contribution >= 4 is 29.9 Å². The molecule has 1 aromatic carbocycles. The minimum absolute atomic E-state index is 0. The molecule has 1 unspecified atom stereocenters. The Morgan fingerprint density at radius 2 is 2.18 bits per heavy atom. The molecule has 3 rings (SSSR count). The van der Waals surface area contributed by atoms with Crippen LogP contribution in [0.15, 0.2) is 34.8 Å². The van der Waals surface area contributed by atoms with Crippen LogP contribution in [0.2, 0.25) is 0 Å². The lowest BCUT2D eigenvalue weighted by Crippen LogP contribution is -2.37. The molecule has 28 heavy (non-hydrogen) atoms. The molecule has 156 valence electrons. The third-order valence-corrected chi connectivity index (χ3v) is 5.21. The number of halogens is 1. The summed E-state index contributed by atoms with van der Waals surface area (Å²) in [6.07, 6.45) is 9.73. The molecule has 1 fully saturated rings. The summed E-state index contributed by atoms with van der Waals surface area (Å²) in [4.78, 5) is 4.34. The van der Waals surface area contributed by atoms with E-state index in [0.29, 0.717) is 13.2 Å². The lowest BCUT2D eigenvalue weighted by Gasteiger charge is -2.17. The third-order valence-electron chi connectivity index (χ3n) is 5.21. The van der Waals surface area contributed by atoms with Gasteiger partial charge in [-0.15, -0.1) is 24.0 Å². The van der Waals surface area contributed by atoms with Crippen LogP contribution in [0.25, 0.3) is 0 Å². The molecule has 0 radical (unpaired) electrons. The summed E-state index contributed by atoms with van der Waals surface area (Å²) < 4.78 is 11.8. The highest BCUT2D eigenvalue weighted by molar-refractivity contribution is 14.0. The molecule has 0 saturated carbocycles. The van der Waals surface area contributed by atoms with Gasteiger partial charge in [0.15, 0.2) is 5.96 Å². The third kappa shape index (κ3) is 7.28. The number of hydrogen-bond acceptors (Lipinski definition) is 3. The van der Waals surface area contributed by atoms with Gasteiger partial charge in [-0.2, -0.15) is 0 Å². The molecule has 1 aromatic rings. The summed E-state index contributed by atoms with van der Waals surface area (Å²) in [6, 6.07) is 6.36. The zero-order valence-corrected chi connectivity index (χ0v) is 19.5. The predicted octanol–water partition coefficient (Wildman–Crippen LogP) is 4.34. The number of benzene rings is 1. The Hall–Kier alpha value is -1.28. The highest BCUT2D eigenvalue weighted by Crippen LogP contribution is 2.22. The molecule has 1 atom stereocenters. The number of nitrogens with zero attached hydrogens (tertiary/aromatic N) is 1. The molecule has 2 N–H and O–H groups in total. The van der Waals surface area contributed by atoms with E-state index in [9.17, 15) is 0 Å². The molecule has 2 aliphatic rings. The number of aryl methyl sites for hydroxylation is 1. The lowest BCUT2D eigenvalue weighted by molar-refractivity contribution is 0.0676. The van der Waals surface area contributed by atoms with Crippen LogP contribution < -0.4 is 15.4 Å². The minimum atomic E-state index is 0. The van der Waals surface area contributed by atoms with Crippen LogP contribution in [0.1, 0.15) is 49.7 Å². The number of ether oxygens (including phenoxy) is 2. The Balaban J connectivity index is 0.00000280. The normalized spacial score (nSPS) is 19.1. The van der Waals surface area contributed by atoms with Crippen LogP contribution in [0, 0.1) is 6.92 Å². The van der Waals surface area contributed by atoms with Crippen LogP contribution in [-0.4, -0.2) is 38.9 Å². The quantitative estimate of drug-likeness (QED) is 0.242. The zero-order chi connectivity index (χ0) is 18.9. The van der Waals surface area contributed by atoms with Crippen molar-refractivity contribution in [3.63, 3.8) is 0 Å². The fourth-order valence-electron chi connectivity index (χ4n) is 3.61. The molecule has 0 spiro atoms. The van der Waals surface area contributed by atoms with Gasteiger partial charge in [-0.25, -0.2) is 0 Å². The number of guanidine groups is 1. The minimum Gasteiger partial charge on any atom is -0.491 e. The first-order valence-electron chi connectivity index (χ1n) is 10.2. The van der Waals surface area contributed by atoms with Crippen LogP contribution in [0.4, 0.5) is 0 Å². The smallest absolute Gasteiger partial charge is 0.191 e. The van der Waals surface area contributed by atoms with Crippen molar-refractivity contribution < 1.29 is 9.47 Å². The zero-order valence-electron chi connectivity index (χ0n) is 17.1. The Morgan fingerprint density at radius 3 is 2.89 bits per heavy atom. The summed E-state index contributed by atoms with van der Waals surface area (Å²) in [7, 11) is 1.81. The average molecular weight is 499 g/mol. The standard InChI is InChI=1S/C22H33N3O2.HI/c1-17-9-10-19(21(14-17)27-16-20-8-5-13-26-20)15-25-22(23-2)24-12-11-18-6-3-4-7-18;/h6,9-10,14,20H,3-5,7-8,11-13,15-16H2,1-2H3,(H2,23,24,25);1H. The first kappa shape index (κ1) is 23.0. The van der Waals surface area contributed by atoms with Gasteiger partial charge in [-0.3, -0.25) is 4.99 Å². The maximum atomic E-state index is 6.08. The molecule has 0 bridgehead atoms. The Bertz CT molecular complexity index is 670. The number of rotatable bonds is 8. The van der Waals surface area contributed by atoms with Crippen molar-refractivity contribution in [1.82, 2.24) is 10.6 Å². The van der Waals surface area contributed by atoms with E-state index < -0.39 is 0 Å². The van der Waals surface area contributed by atoms with E-state index in [-0.39, 0.29) is 30.1 Å². The second kappa shape index (κ2) is 12.3. The Kier molecular flexibility index (Phi) is 10.1. The largest absolute Gasteiger partial charge is 0.491 e. The van der Waals surface area contributed by atoms with Gasteiger partial charge in [0.1, 0.15) is 12.4 Å². The summed E-state index contributed by atoms with van der Waals surface area (Å²) in [5.74, 6) is 1.77. The van der Waals surface area contributed by atoms with E-state index in [4.69, 9.17) is 9.47 Å². The van der Waals surface area contributed by atoms with Crippen molar-refractivity contribution in [2.24, 2.45) is 4.99 Å². The van der Waals surface area contributed by atoms with E-state index in [2.05, 4.69) is 46.8 Å². The molecule has 0 aromatic heterocycles. The van der Waals surface area contributed by atoms with Gasteiger partial charge in [0.25, 0.3) is 0 Å². The highest BCUT2D eigenvalue weighted by atomic mass is 127. The average Bonchev–Trinajstić information content (AvgIpc) is 3.37. The Morgan fingerprint density at radius 1 is 1.29 bits per heavy atom. The molecule has 1 heterocycles. The number of hydrogen-bond donors (Lipinski definition) is 2. The highest BCUT2D eigenvalue weighted by Gasteiger charge is 2.17. The number of nitrogens with one attached hydrogen (secondary N) is 2. The first-order valence-corrected chi connectivity index (χ1v) is 10.2. The van der Waals surface area contributed by atoms with Crippen molar-refractivity contribution in [3.05, 3.63) is 41.0 Å². The summed E-state index contributed by atoms with van der Waals surface area (Å²) in [6.45, 7) is 5.17. The van der Waals surface area contributed by atoms with Gasteiger partial charge in [-0.1, -0.05) is 23.8 Å². The monoisotopic (exact) mass is 499 g/mol. The van der Waals surface area contributed by atoms with E-state index in [1.54, 1.807) is 5.57 Å². The van der Waals surface area contributed by atoms with Crippen molar-refractivity contribution in [1.29, 1.82) is 0 Å². The molecule has 0 amide bonds. The Labute approximate surface area is 186 Å². The van der Waals surface area contributed by atoms with Gasteiger partial charge in [-0.05, 0) is 57.1 Å². The van der Waals surface area contributed by atoms with Crippen LogP contribution in [-0.2, 0) is 11.3 Å². The first-order chi connectivity index (χ1) is 13.2. The maximum absolute atomic E-state index is 6.08. The molecule has 5 nitrogen and oxygen atoms in total. The summed E-state index contributed by atoms with van der Waals surface area (Å²) in [5.41, 5.74) is 3.91. The number of aliphatic imine (C=N–C) groups is 1. The molecular weight excluding hydrogens is 465 g/mol. The molecule has 1 saturated heterocycles. The van der Waals surface area contributed by atoms with Crippen molar-refractivity contribution in [2.45, 2.75) is 58.1 Å². The lowest BCUT2D eigenvalue weighted by atomic mass is 10.1. The molecule has 1 aliphatic carbocycles. The van der Waals surface area contributed by atoms with Gasteiger partial charge in [0, 0.05) is 32.3 Å². The van der Waals surface area contributed by atoms with E-state index in [1.165, 1.54) is 24.8 Å². The predicted molar refractivity (Wildman–Crippen MR) is 126 cm³/mol. The van der Waals surface area contributed by atoms with Gasteiger partial charge >= 0.3 is 0 Å². The fourth-order valence-corrected chi connectivity index (χ4v) is 3.61. The van der Waals surface area contributed by atoms with Gasteiger partial charge < -0.3 is 20.1 Å². The maximum Gasteiger partial charge on any atom is 0.191 e. The van der Waals surface area contributed by atoms with Crippen LogP contribution in [0.3, 0.4) is 0 Å². The van der Waals surface area contributed by atoms with Gasteiger partial charge in [0.05, 0.1) is 6.10 Å².